The molecule has 0 aliphatic carbocycles. The number of thiocarbonyl (C=S) groups is 1. The van der Waals surface area contributed by atoms with E-state index in [4.69, 9.17) is 17.0 Å². The van der Waals surface area contributed by atoms with E-state index in [2.05, 4.69) is 26.6 Å². The fourth-order valence-electron chi connectivity index (χ4n) is 1.96. The fraction of sp³-hybridized carbons (Fsp3) is 0.176. The Morgan fingerprint density at radius 2 is 1.87 bits per heavy atom. The molecule has 2 aromatic carbocycles. The molecule has 120 valence electrons. The van der Waals surface area contributed by atoms with Crippen molar-refractivity contribution in [3.8, 4) is 5.75 Å². The van der Waals surface area contributed by atoms with Gasteiger partial charge >= 0.3 is 0 Å². The number of nitrogens with one attached hydrogen (secondary N) is 2. The van der Waals surface area contributed by atoms with Crippen LogP contribution in [0.4, 0.5) is 5.69 Å². The van der Waals surface area contributed by atoms with Crippen LogP contribution in [0.3, 0.4) is 0 Å². The zero-order valence-electron chi connectivity index (χ0n) is 13.1. The lowest BCUT2D eigenvalue weighted by atomic mass is 10.1. The van der Waals surface area contributed by atoms with Crippen molar-refractivity contribution in [2.24, 2.45) is 0 Å². The Kier molecular flexibility index (Phi) is 5.74. The van der Waals surface area contributed by atoms with Gasteiger partial charge in [-0.15, -0.1) is 0 Å². The Morgan fingerprint density at radius 1 is 1.13 bits per heavy atom. The van der Waals surface area contributed by atoms with E-state index in [1.165, 1.54) is 5.56 Å². The minimum atomic E-state index is -0.283. The summed E-state index contributed by atoms with van der Waals surface area (Å²) in [6.45, 7) is 4.07. The highest BCUT2D eigenvalue weighted by molar-refractivity contribution is 9.10. The van der Waals surface area contributed by atoms with Crippen LogP contribution in [0, 0.1) is 13.8 Å². The number of carbonyl (C=O) groups is 1. The highest BCUT2D eigenvalue weighted by atomic mass is 79.9. The summed E-state index contributed by atoms with van der Waals surface area (Å²) in [5, 5.41) is 5.93. The van der Waals surface area contributed by atoms with Gasteiger partial charge in [-0.1, -0.05) is 6.07 Å². The molecular formula is C17H17BrN2O2S. The minimum Gasteiger partial charge on any atom is -0.496 e. The van der Waals surface area contributed by atoms with Crippen LogP contribution in [0.5, 0.6) is 5.75 Å². The predicted octanol–water partition coefficient (Wildman–Crippen LogP) is 4.20. The SMILES string of the molecule is COc1ccc(C(=O)NC(=S)Nc2ccc(C)c(C)c2)cc1Br. The second kappa shape index (κ2) is 7.57. The van der Waals surface area contributed by atoms with Gasteiger partial charge in [0.15, 0.2) is 5.11 Å². The first kappa shape index (κ1) is 17.4. The van der Waals surface area contributed by atoms with Crippen LogP contribution < -0.4 is 15.4 Å². The van der Waals surface area contributed by atoms with Crippen LogP contribution in [-0.2, 0) is 0 Å². The van der Waals surface area contributed by atoms with Crippen molar-refractivity contribution in [3.63, 3.8) is 0 Å². The molecule has 0 fully saturated rings. The predicted molar refractivity (Wildman–Crippen MR) is 100 cm³/mol. The number of hydrogen-bond acceptors (Lipinski definition) is 3. The number of halogens is 1. The zero-order chi connectivity index (χ0) is 17.0. The Bertz CT molecular complexity index is 762. The third-order valence-corrected chi connectivity index (χ3v) is 4.23. The number of anilines is 1. The molecule has 0 spiro atoms. The molecule has 0 saturated heterocycles. The Morgan fingerprint density at radius 3 is 2.48 bits per heavy atom. The van der Waals surface area contributed by atoms with Crippen molar-refractivity contribution >= 4 is 44.9 Å². The standard InChI is InChI=1S/C17H17BrN2O2S/c1-10-4-6-13(8-11(10)2)19-17(23)20-16(21)12-5-7-15(22-3)14(18)9-12/h4-9H,1-3H3,(H2,19,20,21,23). The number of aryl methyl sites for hydroxylation is 2. The number of methoxy groups -OCH3 is 1. The Balaban J connectivity index is 2.03. The number of benzene rings is 2. The summed E-state index contributed by atoms with van der Waals surface area (Å²) < 4.78 is 5.85. The molecule has 0 aromatic heterocycles. The molecule has 0 bridgehead atoms. The molecule has 0 radical (unpaired) electrons. The summed E-state index contributed by atoms with van der Waals surface area (Å²) >= 11 is 8.55. The third kappa shape index (κ3) is 4.53. The smallest absolute Gasteiger partial charge is 0.257 e. The average Bonchev–Trinajstić information content (AvgIpc) is 2.50. The minimum absolute atomic E-state index is 0.255. The van der Waals surface area contributed by atoms with E-state index in [0.29, 0.717) is 15.8 Å². The first-order valence-electron chi connectivity index (χ1n) is 6.94. The number of rotatable bonds is 3. The molecule has 2 rings (SSSR count). The van der Waals surface area contributed by atoms with E-state index < -0.39 is 0 Å². The van der Waals surface area contributed by atoms with E-state index in [-0.39, 0.29) is 11.0 Å². The van der Waals surface area contributed by atoms with Gasteiger partial charge in [0.05, 0.1) is 11.6 Å². The monoisotopic (exact) mass is 392 g/mol. The van der Waals surface area contributed by atoms with Gasteiger partial charge in [0.1, 0.15) is 5.75 Å². The van der Waals surface area contributed by atoms with Gasteiger partial charge in [-0.3, -0.25) is 10.1 Å². The van der Waals surface area contributed by atoms with Crippen LogP contribution in [0.1, 0.15) is 21.5 Å². The molecule has 2 N–H and O–H groups in total. The Labute approximate surface area is 149 Å². The van der Waals surface area contributed by atoms with Crippen molar-refractivity contribution in [1.29, 1.82) is 0 Å². The lowest BCUT2D eigenvalue weighted by Crippen LogP contribution is -2.34. The molecule has 0 aliphatic rings. The number of carbonyl (C=O) groups excluding carboxylic acids is 1. The maximum absolute atomic E-state index is 12.2. The van der Waals surface area contributed by atoms with E-state index in [0.717, 1.165) is 11.3 Å². The van der Waals surface area contributed by atoms with Gasteiger partial charge in [-0.05, 0) is 83.5 Å². The van der Waals surface area contributed by atoms with Gasteiger partial charge in [0, 0.05) is 11.3 Å². The lowest BCUT2D eigenvalue weighted by molar-refractivity contribution is 0.0977. The van der Waals surface area contributed by atoms with Gasteiger partial charge in [-0.2, -0.15) is 0 Å². The maximum atomic E-state index is 12.2. The van der Waals surface area contributed by atoms with Crippen LogP contribution in [-0.4, -0.2) is 18.1 Å². The van der Waals surface area contributed by atoms with Crippen molar-refractivity contribution in [1.82, 2.24) is 5.32 Å². The first-order valence-corrected chi connectivity index (χ1v) is 8.14. The number of amides is 1. The molecule has 6 heteroatoms. The van der Waals surface area contributed by atoms with E-state index in [1.807, 2.05) is 32.0 Å². The van der Waals surface area contributed by atoms with Crippen LogP contribution >= 0.6 is 28.1 Å². The quantitative estimate of drug-likeness (QED) is 0.768. The van der Waals surface area contributed by atoms with E-state index >= 15 is 0 Å². The summed E-state index contributed by atoms with van der Waals surface area (Å²) in [5.74, 6) is 0.382. The zero-order valence-corrected chi connectivity index (χ0v) is 15.5. The van der Waals surface area contributed by atoms with Gasteiger partial charge in [0.25, 0.3) is 5.91 Å². The molecule has 0 heterocycles. The van der Waals surface area contributed by atoms with E-state index in [9.17, 15) is 4.79 Å². The molecule has 2 aromatic rings. The van der Waals surface area contributed by atoms with Crippen molar-refractivity contribution in [2.75, 3.05) is 12.4 Å². The third-order valence-electron chi connectivity index (χ3n) is 3.41. The maximum Gasteiger partial charge on any atom is 0.257 e. The number of hydrogen-bond donors (Lipinski definition) is 2. The fourth-order valence-corrected chi connectivity index (χ4v) is 2.72. The first-order chi connectivity index (χ1) is 10.9. The summed E-state index contributed by atoms with van der Waals surface area (Å²) in [5.41, 5.74) is 3.69. The highest BCUT2D eigenvalue weighted by Gasteiger charge is 2.10. The van der Waals surface area contributed by atoms with Crippen molar-refractivity contribution in [3.05, 3.63) is 57.6 Å². The second-order valence-corrected chi connectivity index (χ2v) is 6.32. The van der Waals surface area contributed by atoms with Crippen molar-refractivity contribution in [2.45, 2.75) is 13.8 Å². The average molecular weight is 393 g/mol. The largest absolute Gasteiger partial charge is 0.496 e. The topological polar surface area (TPSA) is 50.4 Å². The number of ether oxygens (including phenoxy) is 1. The molecule has 0 unspecified atom stereocenters. The summed E-state index contributed by atoms with van der Waals surface area (Å²) in [6.07, 6.45) is 0. The Hall–Kier alpha value is -1.92. The lowest BCUT2D eigenvalue weighted by Gasteiger charge is -2.11. The second-order valence-electron chi connectivity index (χ2n) is 5.06. The highest BCUT2D eigenvalue weighted by Crippen LogP contribution is 2.25. The van der Waals surface area contributed by atoms with Gasteiger partial charge in [-0.25, -0.2) is 0 Å². The summed E-state index contributed by atoms with van der Waals surface area (Å²) in [6, 6.07) is 11.0. The van der Waals surface area contributed by atoms with Crippen molar-refractivity contribution < 1.29 is 9.53 Å². The molecule has 0 aliphatic heterocycles. The molecule has 0 atom stereocenters. The normalized spacial score (nSPS) is 10.1. The van der Waals surface area contributed by atoms with Crippen LogP contribution in [0.2, 0.25) is 0 Å². The molecule has 4 nitrogen and oxygen atoms in total. The van der Waals surface area contributed by atoms with Gasteiger partial charge < -0.3 is 10.1 Å². The molecule has 1 amide bonds. The van der Waals surface area contributed by atoms with Gasteiger partial charge in [0.2, 0.25) is 0 Å². The summed E-state index contributed by atoms with van der Waals surface area (Å²) in [4.78, 5) is 12.2. The summed E-state index contributed by atoms with van der Waals surface area (Å²) in [7, 11) is 1.57. The van der Waals surface area contributed by atoms with E-state index in [1.54, 1.807) is 25.3 Å². The molecular weight excluding hydrogens is 376 g/mol. The molecule has 0 saturated carbocycles. The molecule has 23 heavy (non-hydrogen) atoms. The van der Waals surface area contributed by atoms with Crippen LogP contribution in [0.15, 0.2) is 40.9 Å². The van der Waals surface area contributed by atoms with Crippen LogP contribution in [0.25, 0.3) is 0 Å².